The predicted molar refractivity (Wildman–Crippen MR) is 74.6 cm³/mol. The first-order chi connectivity index (χ1) is 8.69. The highest BCUT2D eigenvalue weighted by atomic mass is 16.5. The first-order valence-corrected chi connectivity index (χ1v) is 7.61. The molecule has 18 heavy (non-hydrogen) atoms. The van der Waals surface area contributed by atoms with Crippen molar-refractivity contribution in [3.8, 4) is 0 Å². The Bertz CT molecular complexity index is 243. The zero-order chi connectivity index (χ0) is 13.3. The van der Waals surface area contributed by atoms with Gasteiger partial charge in [0.2, 0.25) is 0 Å². The molecule has 0 radical (unpaired) electrons. The van der Waals surface area contributed by atoms with Crippen molar-refractivity contribution < 1.29 is 9.53 Å². The first-order valence-electron chi connectivity index (χ1n) is 7.61. The van der Waals surface area contributed by atoms with Crippen molar-refractivity contribution in [2.24, 2.45) is 0 Å². The summed E-state index contributed by atoms with van der Waals surface area (Å²) >= 11 is 0. The number of amides is 1. The van der Waals surface area contributed by atoms with Gasteiger partial charge in [-0.2, -0.15) is 0 Å². The van der Waals surface area contributed by atoms with Crippen molar-refractivity contribution in [2.75, 3.05) is 13.2 Å². The van der Waals surface area contributed by atoms with E-state index >= 15 is 0 Å². The van der Waals surface area contributed by atoms with Crippen LogP contribution < -0.4 is 5.32 Å². The molecule has 1 amide bonds. The lowest BCUT2D eigenvalue weighted by Gasteiger charge is -2.32. The quantitative estimate of drug-likeness (QED) is 0.641. The molecule has 1 aliphatic heterocycles. The fourth-order valence-electron chi connectivity index (χ4n) is 2.48. The van der Waals surface area contributed by atoms with Crippen molar-refractivity contribution in [3.63, 3.8) is 0 Å². The van der Waals surface area contributed by atoms with E-state index < -0.39 is 5.60 Å². The second kappa shape index (κ2) is 8.52. The van der Waals surface area contributed by atoms with E-state index in [1.54, 1.807) is 0 Å². The molecule has 0 aromatic rings. The third-order valence-corrected chi connectivity index (χ3v) is 3.80. The minimum absolute atomic E-state index is 0.0664. The SMILES string of the molecule is CCCCCCCCCCC1(C)OCCNC1=O. The van der Waals surface area contributed by atoms with Crippen LogP contribution in [0.25, 0.3) is 0 Å². The van der Waals surface area contributed by atoms with Crippen LogP contribution in [0.1, 0.15) is 71.6 Å². The predicted octanol–water partition coefficient (Wildman–Crippen LogP) is 3.42. The van der Waals surface area contributed by atoms with E-state index in [9.17, 15) is 4.79 Å². The van der Waals surface area contributed by atoms with Gasteiger partial charge in [0.25, 0.3) is 5.91 Å². The average Bonchev–Trinajstić information content (AvgIpc) is 2.37. The molecule has 1 rings (SSSR count). The summed E-state index contributed by atoms with van der Waals surface area (Å²) in [7, 11) is 0. The monoisotopic (exact) mass is 255 g/mol. The molecule has 0 aromatic heterocycles. The molecular formula is C15H29NO2. The topological polar surface area (TPSA) is 38.3 Å². The molecule has 1 N–H and O–H groups in total. The molecule has 0 spiro atoms. The van der Waals surface area contributed by atoms with Crippen LogP contribution in [-0.4, -0.2) is 24.7 Å². The van der Waals surface area contributed by atoms with Gasteiger partial charge in [0, 0.05) is 6.54 Å². The largest absolute Gasteiger partial charge is 0.364 e. The van der Waals surface area contributed by atoms with E-state index in [4.69, 9.17) is 4.74 Å². The van der Waals surface area contributed by atoms with Crippen molar-refractivity contribution in [1.82, 2.24) is 5.32 Å². The number of carbonyl (C=O) groups is 1. The fraction of sp³-hybridized carbons (Fsp3) is 0.933. The van der Waals surface area contributed by atoms with Crippen molar-refractivity contribution in [2.45, 2.75) is 77.2 Å². The molecule has 1 heterocycles. The van der Waals surface area contributed by atoms with Crippen molar-refractivity contribution in [1.29, 1.82) is 0 Å². The van der Waals surface area contributed by atoms with Crippen molar-refractivity contribution in [3.05, 3.63) is 0 Å². The molecule has 0 saturated carbocycles. The molecule has 0 aromatic carbocycles. The highest BCUT2D eigenvalue weighted by Gasteiger charge is 2.35. The Labute approximate surface area is 112 Å². The molecule has 0 aliphatic carbocycles. The van der Waals surface area contributed by atoms with Gasteiger partial charge < -0.3 is 10.1 Å². The Morgan fingerprint density at radius 1 is 1.11 bits per heavy atom. The van der Waals surface area contributed by atoms with Crippen LogP contribution >= 0.6 is 0 Å². The second-order valence-corrected chi connectivity index (χ2v) is 5.56. The highest BCUT2D eigenvalue weighted by Crippen LogP contribution is 2.22. The van der Waals surface area contributed by atoms with Crippen LogP contribution in [-0.2, 0) is 9.53 Å². The summed E-state index contributed by atoms with van der Waals surface area (Å²) in [4.78, 5) is 11.7. The van der Waals surface area contributed by atoms with Crippen LogP contribution in [0.15, 0.2) is 0 Å². The number of rotatable bonds is 9. The minimum Gasteiger partial charge on any atom is -0.364 e. The smallest absolute Gasteiger partial charge is 0.252 e. The number of carbonyl (C=O) groups excluding carboxylic acids is 1. The first kappa shape index (κ1) is 15.5. The van der Waals surface area contributed by atoms with E-state index in [0.29, 0.717) is 13.2 Å². The van der Waals surface area contributed by atoms with Crippen LogP contribution in [0.4, 0.5) is 0 Å². The number of hydrogen-bond donors (Lipinski definition) is 1. The van der Waals surface area contributed by atoms with Gasteiger partial charge in [-0.15, -0.1) is 0 Å². The van der Waals surface area contributed by atoms with E-state index in [-0.39, 0.29) is 5.91 Å². The summed E-state index contributed by atoms with van der Waals surface area (Å²) in [5.41, 5.74) is -0.569. The lowest BCUT2D eigenvalue weighted by atomic mass is 9.95. The van der Waals surface area contributed by atoms with Crippen LogP contribution in [0, 0.1) is 0 Å². The zero-order valence-electron chi connectivity index (χ0n) is 12.1. The maximum absolute atomic E-state index is 11.7. The summed E-state index contributed by atoms with van der Waals surface area (Å²) in [6.07, 6.45) is 11.2. The molecule has 0 bridgehead atoms. The number of ether oxygens (including phenoxy) is 1. The summed E-state index contributed by atoms with van der Waals surface area (Å²) in [5.74, 6) is 0.0664. The summed E-state index contributed by atoms with van der Waals surface area (Å²) in [6.45, 7) is 5.48. The highest BCUT2D eigenvalue weighted by molar-refractivity contribution is 5.85. The van der Waals surface area contributed by atoms with Crippen LogP contribution in [0.2, 0.25) is 0 Å². The number of nitrogens with one attached hydrogen (secondary N) is 1. The normalized spacial score (nSPS) is 24.0. The Morgan fingerprint density at radius 3 is 2.33 bits per heavy atom. The van der Waals surface area contributed by atoms with E-state index in [2.05, 4.69) is 12.2 Å². The summed E-state index contributed by atoms with van der Waals surface area (Å²) in [6, 6.07) is 0. The Balaban J connectivity index is 2.01. The number of hydrogen-bond acceptors (Lipinski definition) is 2. The minimum atomic E-state index is -0.569. The molecule has 3 nitrogen and oxygen atoms in total. The average molecular weight is 255 g/mol. The van der Waals surface area contributed by atoms with Gasteiger partial charge in [-0.25, -0.2) is 0 Å². The van der Waals surface area contributed by atoms with Gasteiger partial charge in [-0.05, 0) is 13.3 Å². The lowest BCUT2D eigenvalue weighted by Crippen LogP contribution is -2.52. The van der Waals surface area contributed by atoms with E-state index in [1.807, 2.05) is 6.92 Å². The van der Waals surface area contributed by atoms with Crippen LogP contribution in [0.5, 0.6) is 0 Å². The summed E-state index contributed by atoms with van der Waals surface area (Å²) < 4.78 is 5.63. The number of unbranched alkanes of at least 4 members (excludes halogenated alkanes) is 7. The maximum atomic E-state index is 11.7. The lowest BCUT2D eigenvalue weighted by molar-refractivity contribution is -0.153. The molecule has 1 aliphatic rings. The van der Waals surface area contributed by atoms with Gasteiger partial charge in [0.15, 0.2) is 0 Å². The number of morpholine rings is 1. The summed E-state index contributed by atoms with van der Waals surface area (Å²) in [5, 5.41) is 2.88. The Hall–Kier alpha value is -0.570. The van der Waals surface area contributed by atoms with Gasteiger partial charge in [0.1, 0.15) is 5.60 Å². The van der Waals surface area contributed by atoms with Crippen molar-refractivity contribution >= 4 is 5.91 Å². The maximum Gasteiger partial charge on any atom is 0.252 e. The van der Waals surface area contributed by atoms with Gasteiger partial charge in [0.05, 0.1) is 6.61 Å². The standard InChI is InChI=1S/C15H29NO2/c1-3-4-5-6-7-8-9-10-11-15(2)14(17)16-12-13-18-15/h3-13H2,1-2H3,(H,16,17). The molecule has 1 fully saturated rings. The zero-order valence-corrected chi connectivity index (χ0v) is 12.1. The van der Waals surface area contributed by atoms with Gasteiger partial charge in [-0.1, -0.05) is 58.3 Å². The molecule has 1 unspecified atom stereocenters. The molecule has 106 valence electrons. The van der Waals surface area contributed by atoms with Gasteiger partial charge >= 0.3 is 0 Å². The molecule has 3 heteroatoms. The molecular weight excluding hydrogens is 226 g/mol. The third kappa shape index (κ3) is 5.38. The van der Waals surface area contributed by atoms with Crippen LogP contribution in [0.3, 0.4) is 0 Å². The third-order valence-electron chi connectivity index (χ3n) is 3.80. The molecule has 1 saturated heterocycles. The second-order valence-electron chi connectivity index (χ2n) is 5.56. The van der Waals surface area contributed by atoms with E-state index in [0.717, 1.165) is 12.8 Å². The van der Waals surface area contributed by atoms with Gasteiger partial charge in [-0.3, -0.25) is 4.79 Å². The Kier molecular flexibility index (Phi) is 7.33. The molecule has 1 atom stereocenters. The fourth-order valence-corrected chi connectivity index (χ4v) is 2.48. The van der Waals surface area contributed by atoms with E-state index in [1.165, 1.54) is 44.9 Å². The Morgan fingerprint density at radius 2 is 1.72 bits per heavy atom.